The Balaban J connectivity index is 1.93. The Hall–Kier alpha value is -2.76. The van der Waals surface area contributed by atoms with Gasteiger partial charge in [-0.1, -0.05) is 31.5 Å². The molecule has 4 rings (SSSR count). The molecular formula is C24H23ClF5N3O3. The van der Waals surface area contributed by atoms with Gasteiger partial charge in [-0.3, -0.25) is 0 Å². The molecule has 2 unspecified atom stereocenters. The van der Waals surface area contributed by atoms with Gasteiger partial charge < -0.3 is 20.3 Å². The Bertz CT molecular complexity index is 1370. The minimum Gasteiger partial charge on any atom is -0.495 e. The molecule has 2 aromatic carbocycles. The van der Waals surface area contributed by atoms with Crippen molar-refractivity contribution in [1.82, 2.24) is 9.97 Å². The van der Waals surface area contributed by atoms with E-state index in [1.807, 2.05) is 0 Å². The second kappa shape index (κ2) is 8.39. The average Bonchev–Trinajstić information content (AvgIpc) is 2.78. The van der Waals surface area contributed by atoms with Crippen LogP contribution in [0.25, 0.3) is 10.9 Å². The molecule has 0 amide bonds. The van der Waals surface area contributed by atoms with E-state index in [9.17, 15) is 32.2 Å². The van der Waals surface area contributed by atoms with Crippen LogP contribution in [0.5, 0.6) is 5.75 Å². The number of hydrogen-bond acceptors (Lipinski definition) is 6. The molecule has 3 aromatic rings. The fourth-order valence-electron chi connectivity index (χ4n) is 5.03. The maximum absolute atomic E-state index is 14.4. The molecule has 1 heterocycles. The highest BCUT2D eigenvalue weighted by Crippen LogP contribution is 2.59. The van der Waals surface area contributed by atoms with Gasteiger partial charge in [-0.25, -0.2) is 18.7 Å². The van der Waals surface area contributed by atoms with Crippen LogP contribution in [-0.4, -0.2) is 45.6 Å². The van der Waals surface area contributed by atoms with E-state index in [0.717, 1.165) is 6.07 Å². The summed E-state index contributed by atoms with van der Waals surface area (Å²) in [4.78, 5) is 7.82. The molecule has 0 bridgehead atoms. The lowest BCUT2D eigenvalue weighted by Gasteiger charge is -2.53. The predicted octanol–water partition coefficient (Wildman–Crippen LogP) is 5.15. The smallest absolute Gasteiger partial charge is 0.420 e. The Labute approximate surface area is 208 Å². The molecule has 36 heavy (non-hydrogen) atoms. The van der Waals surface area contributed by atoms with Crippen molar-refractivity contribution < 1.29 is 36.9 Å². The van der Waals surface area contributed by atoms with Gasteiger partial charge in [0.25, 0.3) is 0 Å². The number of methoxy groups -OCH3 is 1. The number of nitrogens with zero attached hydrogens (tertiary/aromatic N) is 2. The quantitative estimate of drug-likeness (QED) is 0.404. The minimum absolute atomic E-state index is 0.0244. The van der Waals surface area contributed by atoms with Gasteiger partial charge in [-0.2, -0.15) is 13.2 Å². The van der Waals surface area contributed by atoms with E-state index in [1.165, 1.54) is 46.2 Å². The lowest BCUT2D eigenvalue weighted by molar-refractivity contribution is -0.330. The van der Waals surface area contributed by atoms with Gasteiger partial charge >= 0.3 is 6.18 Å². The summed E-state index contributed by atoms with van der Waals surface area (Å²) in [5.74, 6) is -2.35. The van der Waals surface area contributed by atoms with Crippen molar-refractivity contribution in [3.05, 3.63) is 58.0 Å². The molecule has 1 aliphatic carbocycles. The van der Waals surface area contributed by atoms with Crippen LogP contribution in [0.1, 0.15) is 37.2 Å². The summed E-state index contributed by atoms with van der Waals surface area (Å²) in [5, 5.41) is 25.5. The lowest BCUT2D eigenvalue weighted by Crippen LogP contribution is -2.68. The van der Waals surface area contributed by atoms with Crippen LogP contribution in [-0.2, 0) is 11.0 Å². The second-order valence-electron chi connectivity index (χ2n) is 9.54. The van der Waals surface area contributed by atoms with Crippen LogP contribution >= 0.6 is 11.6 Å². The molecule has 2 atom stereocenters. The average molecular weight is 532 g/mol. The SMILES string of the molecule is COc1c(Cl)ccc2c1C(C)(C)CC(O)(C(F)(F)F)C2(O)CNc1cc(F)c(F)c2nc(C)ncc12. The standard InChI is InChI=1S/C24H23ClF5N3O3/c1-11-31-8-12-16(7-15(26)18(27)19(12)33-11)32-10-22(34)13-5-6-14(25)20(36-4)17(13)21(2,3)9-23(22,35)24(28,29)30/h5-8,32,34-35H,9-10H2,1-4H3. The number of aryl methyl sites for hydroxylation is 1. The van der Waals surface area contributed by atoms with Gasteiger partial charge in [-0.05, 0) is 30.4 Å². The number of alkyl halides is 3. The van der Waals surface area contributed by atoms with E-state index >= 15 is 0 Å². The van der Waals surface area contributed by atoms with Crippen molar-refractivity contribution in [2.45, 2.75) is 50.0 Å². The van der Waals surface area contributed by atoms with Crippen molar-refractivity contribution in [3.8, 4) is 5.75 Å². The number of hydrogen-bond donors (Lipinski definition) is 3. The summed E-state index contributed by atoms with van der Waals surface area (Å²) >= 11 is 6.23. The number of aliphatic hydroxyl groups is 2. The zero-order valence-corrected chi connectivity index (χ0v) is 20.4. The van der Waals surface area contributed by atoms with E-state index in [1.54, 1.807) is 0 Å². The van der Waals surface area contributed by atoms with Crippen molar-refractivity contribution in [2.75, 3.05) is 19.0 Å². The van der Waals surface area contributed by atoms with E-state index < -0.39 is 47.4 Å². The molecule has 0 aliphatic heterocycles. The van der Waals surface area contributed by atoms with Crippen LogP contribution in [0.3, 0.4) is 0 Å². The van der Waals surface area contributed by atoms with E-state index in [0.29, 0.717) is 0 Å². The minimum atomic E-state index is -5.28. The highest BCUT2D eigenvalue weighted by atomic mass is 35.5. The van der Waals surface area contributed by atoms with Crippen molar-refractivity contribution >= 4 is 28.2 Å². The molecule has 0 saturated heterocycles. The van der Waals surface area contributed by atoms with Crippen LogP contribution < -0.4 is 10.1 Å². The fraction of sp³-hybridized carbons (Fsp3) is 0.417. The van der Waals surface area contributed by atoms with Gasteiger partial charge in [0.1, 0.15) is 22.7 Å². The molecule has 1 aromatic heterocycles. The monoisotopic (exact) mass is 531 g/mol. The molecule has 6 nitrogen and oxygen atoms in total. The van der Waals surface area contributed by atoms with Crippen molar-refractivity contribution in [2.24, 2.45) is 0 Å². The van der Waals surface area contributed by atoms with E-state index in [2.05, 4.69) is 15.3 Å². The maximum Gasteiger partial charge on any atom is 0.420 e. The third-order valence-electron chi connectivity index (χ3n) is 6.71. The number of nitrogens with one attached hydrogen (secondary N) is 1. The first-order chi connectivity index (χ1) is 16.6. The molecule has 0 saturated carbocycles. The number of rotatable bonds is 4. The first kappa shape index (κ1) is 26.3. The number of benzene rings is 2. The number of ether oxygens (including phenoxy) is 1. The molecule has 3 N–H and O–H groups in total. The first-order valence-electron chi connectivity index (χ1n) is 10.8. The summed E-state index contributed by atoms with van der Waals surface area (Å²) in [6.07, 6.45) is -5.03. The topological polar surface area (TPSA) is 87.5 Å². The Morgan fingerprint density at radius 1 is 1.19 bits per heavy atom. The summed E-state index contributed by atoms with van der Waals surface area (Å²) in [5.41, 5.74) is -8.60. The normalized spacial score (nSPS) is 23.4. The molecule has 12 heteroatoms. The summed E-state index contributed by atoms with van der Waals surface area (Å²) < 4.78 is 77.3. The Kier molecular flexibility index (Phi) is 6.13. The number of aromatic nitrogens is 2. The largest absolute Gasteiger partial charge is 0.495 e. The van der Waals surface area contributed by atoms with E-state index in [-0.39, 0.29) is 44.3 Å². The Morgan fingerprint density at radius 3 is 2.47 bits per heavy atom. The predicted molar refractivity (Wildman–Crippen MR) is 123 cm³/mol. The molecule has 0 fully saturated rings. The lowest BCUT2D eigenvalue weighted by atomic mass is 9.58. The van der Waals surface area contributed by atoms with Crippen molar-refractivity contribution in [1.29, 1.82) is 0 Å². The third-order valence-corrected chi connectivity index (χ3v) is 7.01. The first-order valence-corrected chi connectivity index (χ1v) is 11.2. The zero-order chi connectivity index (χ0) is 26.8. The van der Waals surface area contributed by atoms with E-state index in [4.69, 9.17) is 16.3 Å². The summed E-state index contributed by atoms with van der Waals surface area (Å²) in [6.45, 7) is 3.46. The molecule has 1 aliphatic rings. The zero-order valence-electron chi connectivity index (χ0n) is 19.7. The van der Waals surface area contributed by atoms with Crippen molar-refractivity contribution in [3.63, 3.8) is 0 Å². The van der Waals surface area contributed by atoms with Gasteiger partial charge in [0.05, 0.1) is 18.7 Å². The highest BCUT2D eigenvalue weighted by molar-refractivity contribution is 6.32. The van der Waals surface area contributed by atoms with Crippen LogP contribution in [0.15, 0.2) is 24.4 Å². The van der Waals surface area contributed by atoms with Gasteiger partial charge in [-0.15, -0.1) is 0 Å². The molecule has 194 valence electrons. The summed E-state index contributed by atoms with van der Waals surface area (Å²) in [6, 6.07) is 3.17. The third kappa shape index (κ3) is 3.75. The molecule has 0 spiro atoms. The Morgan fingerprint density at radius 2 is 1.86 bits per heavy atom. The second-order valence-corrected chi connectivity index (χ2v) is 9.94. The van der Waals surface area contributed by atoms with Crippen LogP contribution in [0, 0.1) is 18.6 Å². The van der Waals surface area contributed by atoms with Crippen LogP contribution in [0.2, 0.25) is 5.02 Å². The fourth-order valence-corrected chi connectivity index (χ4v) is 5.27. The molecule has 0 radical (unpaired) electrons. The van der Waals surface area contributed by atoms with Gasteiger partial charge in [0, 0.05) is 28.9 Å². The van der Waals surface area contributed by atoms with Gasteiger partial charge in [0.2, 0.25) is 0 Å². The van der Waals surface area contributed by atoms with Crippen LogP contribution in [0.4, 0.5) is 27.6 Å². The highest BCUT2D eigenvalue weighted by Gasteiger charge is 2.71. The number of anilines is 1. The van der Waals surface area contributed by atoms with Gasteiger partial charge in [0.15, 0.2) is 17.2 Å². The maximum atomic E-state index is 14.4. The number of fused-ring (bicyclic) bond motifs is 2. The summed E-state index contributed by atoms with van der Waals surface area (Å²) in [7, 11) is 1.29. The number of halogens is 6. The molecular weight excluding hydrogens is 509 g/mol.